The van der Waals surface area contributed by atoms with Crippen LogP contribution in [0.5, 0.6) is 0 Å². The second kappa shape index (κ2) is 6.22. The van der Waals surface area contributed by atoms with E-state index in [1.165, 1.54) is 0 Å². The van der Waals surface area contributed by atoms with E-state index in [4.69, 9.17) is 5.11 Å². The fraction of sp³-hybridized carbons (Fsp3) is 0.867. The van der Waals surface area contributed by atoms with Crippen molar-refractivity contribution in [3.63, 3.8) is 0 Å². The summed E-state index contributed by atoms with van der Waals surface area (Å²) in [7, 11) is 0. The highest BCUT2D eigenvalue weighted by Crippen LogP contribution is 2.26. The summed E-state index contributed by atoms with van der Waals surface area (Å²) < 4.78 is 0. The number of carbonyl (C=O) groups excluding carboxylic acids is 1. The monoisotopic (exact) mass is 297 g/mol. The van der Waals surface area contributed by atoms with E-state index in [1.807, 2.05) is 4.90 Å². The third kappa shape index (κ3) is 4.09. The van der Waals surface area contributed by atoms with Gasteiger partial charge in [0.25, 0.3) is 0 Å². The van der Waals surface area contributed by atoms with Crippen molar-refractivity contribution in [2.45, 2.75) is 51.6 Å². The summed E-state index contributed by atoms with van der Waals surface area (Å²) in [6.45, 7) is 9.81. The zero-order chi connectivity index (χ0) is 15.6. The molecule has 0 bridgehead atoms. The number of hydrogen-bond donors (Lipinski definition) is 2. The lowest BCUT2D eigenvalue weighted by Gasteiger charge is -2.42. The quantitative estimate of drug-likeness (QED) is 0.807. The Labute approximate surface area is 126 Å². The minimum absolute atomic E-state index is 0.0132. The van der Waals surface area contributed by atoms with E-state index in [0.717, 1.165) is 32.6 Å². The largest absolute Gasteiger partial charge is 0.481 e. The number of piperazine rings is 1. The van der Waals surface area contributed by atoms with Gasteiger partial charge in [-0.1, -0.05) is 0 Å². The fourth-order valence-corrected chi connectivity index (χ4v) is 3.18. The lowest BCUT2D eigenvalue weighted by molar-refractivity contribution is -0.141. The maximum Gasteiger partial charge on any atom is 0.317 e. The molecule has 2 amide bonds. The molecule has 1 aliphatic carbocycles. The molecule has 1 heterocycles. The molecule has 1 saturated carbocycles. The first-order chi connectivity index (χ1) is 9.77. The predicted octanol–water partition coefficient (Wildman–Crippen LogP) is 1.37. The number of aliphatic carboxylic acids is 1. The summed E-state index contributed by atoms with van der Waals surface area (Å²) in [4.78, 5) is 27.4. The van der Waals surface area contributed by atoms with Crippen LogP contribution in [0, 0.1) is 5.92 Å². The highest BCUT2D eigenvalue weighted by Gasteiger charge is 2.33. The van der Waals surface area contributed by atoms with Gasteiger partial charge in [-0.15, -0.1) is 0 Å². The highest BCUT2D eigenvalue weighted by molar-refractivity contribution is 5.75. The second-order valence-corrected chi connectivity index (χ2v) is 7.14. The Morgan fingerprint density at radius 1 is 1.10 bits per heavy atom. The zero-order valence-electron chi connectivity index (χ0n) is 13.3. The summed E-state index contributed by atoms with van der Waals surface area (Å²) in [6.07, 6.45) is 1.99. The molecule has 21 heavy (non-hydrogen) atoms. The second-order valence-electron chi connectivity index (χ2n) is 7.14. The number of carboxylic acids is 1. The van der Waals surface area contributed by atoms with Gasteiger partial charge in [0.15, 0.2) is 0 Å². The number of amides is 2. The molecule has 2 N–H and O–H groups in total. The Balaban J connectivity index is 1.77. The average Bonchev–Trinajstić information content (AvgIpc) is 2.86. The molecular weight excluding hydrogens is 270 g/mol. The molecule has 0 aromatic rings. The van der Waals surface area contributed by atoms with Crippen molar-refractivity contribution in [2.24, 2.45) is 5.92 Å². The van der Waals surface area contributed by atoms with Gasteiger partial charge in [-0.05, 0) is 40.0 Å². The number of nitrogens with zero attached hydrogens (tertiary/aromatic N) is 2. The van der Waals surface area contributed by atoms with Gasteiger partial charge >= 0.3 is 12.0 Å². The van der Waals surface area contributed by atoms with Crippen LogP contribution in [0.2, 0.25) is 0 Å². The molecule has 6 heteroatoms. The minimum atomic E-state index is -0.745. The third-order valence-electron chi connectivity index (χ3n) is 4.63. The topological polar surface area (TPSA) is 72.9 Å². The van der Waals surface area contributed by atoms with Gasteiger partial charge in [-0.3, -0.25) is 9.69 Å². The number of hydrogen-bond acceptors (Lipinski definition) is 3. The van der Waals surface area contributed by atoms with Crippen LogP contribution in [-0.2, 0) is 4.79 Å². The molecule has 2 rings (SSSR count). The van der Waals surface area contributed by atoms with E-state index < -0.39 is 5.97 Å². The van der Waals surface area contributed by atoms with Crippen molar-refractivity contribution in [3.05, 3.63) is 0 Å². The zero-order valence-corrected chi connectivity index (χ0v) is 13.3. The molecule has 2 atom stereocenters. The van der Waals surface area contributed by atoms with Crippen LogP contribution in [-0.4, -0.2) is 64.7 Å². The molecule has 0 spiro atoms. The molecular formula is C15H27N3O3. The summed E-state index contributed by atoms with van der Waals surface area (Å²) in [6, 6.07) is -0.0288. The van der Waals surface area contributed by atoms with Crippen molar-refractivity contribution in [1.82, 2.24) is 15.1 Å². The summed E-state index contributed by atoms with van der Waals surface area (Å²) >= 11 is 0. The molecule has 0 aromatic heterocycles. The molecule has 0 radical (unpaired) electrons. The van der Waals surface area contributed by atoms with Crippen molar-refractivity contribution < 1.29 is 14.7 Å². The number of urea groups is 1. The van der Waals surface area contributed by atoms with Gasteiger partial charge in [0.05, 0.1) is 5.92 Å². The van der Waals surface area contributed by atoms with E-state index in [2.05, 4.69) is 31.0 Å². The minimum Gasteiger partial charge on any atom is -0.481 e. The van der Waals surface area contributed by atoms with Crippen LogP contribution in [0.25, 0.3) is 0 Å². The molecule has 1 aliphatic heterocycles. The van der Waals surface area contributed by atoms with E-state index in [0.29, 0.717) is 12.8 Å². The maximum atomic E-state index is 12.2. The van der Waals surface area contributed by atoms with Crippen LogP contribution in [0.3, 0.4) is 0 Å². The standard InChI is InChI=1S/C15H27N3O3/c1-15(2,3)18-8-6-17(7-9-18)14(21)16-12-5-4-11(10-12)13(19)20/h11-12H,4-10H2,1-3H3,(H,16,21)(H,19,20). The van der Waals surface area contributed by atoms with Crippen LogP contribution >= 0.6 is 0 Å². The Kier molecular flexibility index (Phi) is 4.76. The fourth-order valence-electron chi connectivity index (χ4n) is 3.18. The van der Waals surface area contributed by atoms with E-state index in [9.17, 15) is 9.59 Å². The molecule has 2 aliphatic rings. The Morgan fingerprint density at radius 3 is 2.19 bits per heavy atom. The van der Waals surface area contributed by atoms with Crippen LogP contribution in [0.15, 0.2) is 0 Å². The lowest BCUT2D eigenvalue weighted by Crippen LogP contribution is -2.57. The van der Waals surface area contributed by atoms with E-state index in [1.54, 1.807) is 0 Å². The van der Waals surface area contributed by atoms with Gasteiger partial charge in [0.2, 0.25) is 0 Å². The number of carbonyl (C=O) groups is 2. The number of carboxylic acid groups (broad SMARTS) is 1. The van der Waals surface area contributed by atoms with Gasteiger partial charge in [0, 0.05) is 37.8 Å². The Bertz CT molecular complexity index is 397. The SMILES string of the molecule is CC(C)(C)N1CCN(C(=O)NC2CCC(C(=O)O)C2)CC1. The van der Waals surface area contributed by atoms with Gasteiger partial charge in [-0.25, -0.2) is 4.79 Å². The lowest BCUT2D eigenvalue weighted by atomic mass is 10.1. The molecule has 6 nitrogen and oxygen atoms in total. The molecule has 2 unspecified atom stereocenters. The van der Waals surface area contributed by atoms with Crippen molar-refractivity contribution in [2.75, 3.05) is 26.2 Å². The molecule has 120 valence electrons. The van der Waals surface area contributed by atoms with Gasteiger partial charge in [-0.2, -0.15) is 0 Å². The molecule has 2 fully saturated rings. The van der Waals surface area contributed by atoms with Crippen LogP contribution in [0.4, 0.5) is 4.79 Å². The smallest absolute Gasteiger partial charge is 0.317 e. The maximum absolute atomic E-state index is 12.2. The third-order valence-corrected chi connectivity index (χ3v) is 4.63. The van der Waals surface area contributed by atoms with Gasteiger partial charge < -0.3 is 15.3 Å². The summed E-state index contributed by atoms with van der Waals surface area (Å²) in [5, 5.41) is 12.0. The molecule has 1 saturated heterocycles. The van der Waals surface area contributed by atoms with E-state index in [-0.39, 0.29) is 23.5 Å². The van der Waals surface area contributed by atoms with Crippen LogP contribution < -0.4 is 5.32 Å². The van der Waals surface area contributed by atoms with Crippen molar-refractivity contribution in [1.29, 1.82) is 0 Å². The average molecular weight is 297 g/mol. The number of nitrogens with one attached hydrogen (secondary N) is 1. The van der Waals surface area contributed by atoms with E-state index >= 15 is 0 Å². The summed E-state index contributed by atoms with van der Waals surface area (Å²) in [5.74, 6) is -1.04. The van der Waals surface area contributed by atoms with Gasteiger partial charge in [0.1, 0.15) is 0 Å². The van der Waals surface area contributed by atoms with Crippen molar-refractivity contribution >= 4 is 12.0 Å². The predicted molar refractivity (Wildman–Crippen MR) is 80.2 cm³/mol. The first kappa shape index (κ1) is 16.1. The Hall–Kier alpha value is -1.30. The highest BCUT2D eigenvalue weighted by atomic mass is 16.4. The molecule has 0 aromatic carbocycles. The number of rotatable bonds is 2. The van der Waals surface area contributed by atoms with Crippen molar-refractivity contribution in [3.8, 4) is 0 Å². The summed E-state index contributed by atoms with van der Waals surface area (Å²) in [5.41, 5.74) is 0.142. The first-order valence-corrected chi connectivity index (χ1v) is 7.80. The first-order valence-electron chi connectivity index (χ1n) is 7.80. The normalized spacial score (nSPS) is 27.7. The Morgan fingerprint density at radius 2 is 1.71 bits per heavy atom. The van der Waals surface area contributed by atoms with Crippen LogP contribution in [0.1, 0.15) is 40.0 Å².